The van der Waals surface area contributed by atoms with Crippen molar-refractivity contribution in [1.29, 1.82) is 5.26 Å². The first-order chi connectivity index (χ1) is 12.2. The van der Waals surface area contributed by atoms with Crippen molar-refractivity contribution >= 4 is 16.6 Å². The first kappa shape index (κ1) is 16.0. The lowest BCUT2D eigenvalue weighted by Gasteiger charge is -2.34. The number of hydrogen-bond acceptors (Lipinski definition) is 5. The van der Waals surface area contributed by atoms with E-state index in [1.165, 1.54) is 12.8 Å². The summed E-state index contributed by atoms with van der Waals surface area (Å²) in [6.45, 7) is 1.89. The number of pyridine rings is 1. The van der Waals surface area contributed by atoms with Crippen molar-refractivity contribution in [2.45, 2.75) is 25.7 Å². The van der Waals surface area contributed by atoms with Gasteiger partial charge in [0, 0.05) is 18.5 Å². The zero-order valence-corrected chi connectivity index (χ0v) is 14.0. The average molecular weight is 339 g/mol. The molecule has 2 heterocycles. The van der Waals surface area contributed by atoms with E-state index in [0.29, 0.717) is 22.4 Å². The van der Waals surface area contributed by atoms with Gasteiger partial charge in [-0.25, -0.2) is 0 Å². The number of piperidine rings is 1. The van der Waals surface area contributed by atoms with E-state index < -0.39 is 0 Å². The van der Waals surface area contributed by atoms with E-state index in [1.807, 2.05) is 6.07 Å². The van der Waals surface area contributed by atoms with Gasteiger partial charge in [-0.2, -0.15) is 5.26 Å². The molecule has 1 saturated heterocycles. The van der Waals surface area contributed by atoms with Gasteiger partial charge in [-0.15, -0.1) is 0 Å². The van der Waals surface area contributed by atoms with Crippen molar-refractivity contribution in [3.8, 4) is 11.8 Å². The van der Waals surface area contributed by atoms with Crippen LogP contribution in [0.1, 0.15) is 31.2 Å². The molecule has 0 unspecified atom stereocenters. The number of ether oxygens (including phenoxy) is 1. The number of nitriles is 1. The summed E-state index contributed by atoms with van der Waals surface area (Å²) in [6.07, 6.45) is 4.85. The van der Waals surface area contributed by atoms with Crippen LogP contribution in [0.25, 0.3) is 10.9 Å². The van der Waals surface area contributed by atoms with Crippen LogP contribution in [0.2, 0.25) is 0 Å². The largest absolute Gasteiger partial charge is 0.491 e. The second-order valence-corrected chi connectivity index (χ2v) is 7.06. The molecule has 2 N–H and O–H groups in total. The molecule has 0 bridgehead atoms. The molecule has 4 rings (SSSR count). The Labute approximate surface area is 145 Å². The van der Waals surface area contributed by atoms with Gasteiger partial charge in [-0.05, 0) is 49.3 Å². The molecule has 1 saturated carbocycles. The van der Waals surface area contributed by atoms with Crippen LogP contribution in [-0.4, -0.2) is 36.4 Å². The van der Waals surface area contributed by atoms with Crippen LogP contribution < -0.4 is 15.2 Å². The van der Waals surface area contributed by atoms with Crippen LogP contribution in [0.15, 0.2) is 23.0 Å². The highest BCUT2D eigenvalue weighted by atomic mass is 16.5. The Balaban J connectivity index is 1.80. The Hall–Kier alpha value is -2.52. The molecule has 1 spiro atoms. The minimum Gasteiger partial charge on any atom is -0.491 e. The number of aliphatic hydroxyl groups excluding tert-OH is 1. The summed E-state index contributed by atoms with van der Waals surface area (Å²) in [5.41, 5.74) is 1.75. The van der Waals surface area contributed by atoms with E-state index in [2.05, 4.69) is 16.0 Å². The molecule has 2 aromatic rings. The van der Waals surface area contributed by atoms with E-state index in [0.717, 1.165) is 31.3 Å². The van der Waals surface area contributed by atoms with Crippen molar-refractivity contribution in [1.82, 2.24) is 4.98 Å². The van der Waals surface area contributed by atoms with Gasteiger partial charge < -0.3 is 19.7 Å². The molecule has 2 aliphatic rings. The van der Waals surface area contributed by atoms with Crippen molar-refractivity contribution in [2.75, 3.05) is 31.2 Å². The molecule has 130 valence electrons. The van der Waals surface area contributed by atoms with Gasteiger partial charge in [-0.1, -0.05) is 0 Å². The summed E-state index contributed by atoms with van der Waals surface area (Å²) < 4.78 is 5.51. The van der Waals surface area contributed by atoms with Gasteiger partial charge >= 0.3 is 0 Å². The van der Waals surface area contributed by atoms with Gasteiger partial charge in [0.05, 0.1) is 17.8 Å². The van der Waals surface area contributed by atoms with Crippen molar-refractivity contribution in [3.05, 3.63) is 34.1 Å². The smallest absolute Gasteiger partial charge is 0.268 e. The summed E-state index contributed by atoms with van der Waals surface area (Å²) >= 11 is 0. The number of aliphatic hydroxyl groups is 1. The summed E-state index contributed by atoms with van der Waals surface area (Å²) in [5.74, 6) is 0.620. The normalized spacial score (nSPS) is 18.3. The van der Waals surface area contributed by atoms with Crippen LogP contribution in [0.5, 0.6) is 5.75 Å². The zero-order chi connectivity index (χ0) is 17.4. The highest BCUT2D eigenvalue weighted by molar-refractivity contribution is 5.95. The number of H-pyrrole nitrogens is 1. The molecule has 1 aromatic heterocycles. The molecule has 25 heavy (non-hydrogen) atoms. The van der Waals surface area contributed by atoms with E-state index in [9.17, 15) is 10.1 Å². The van der Waals surface area contributed by atoms with Gasteiger partial charge in [0.15, 0.2) is 0 Å². The number of hydrogen-bond donors (Lipinski definition) is 2. The van der Waals surface area contributed by atoms with Crippen molar-refractivity contribution < 1.29 is 9.84 Å². The van der Waals surface area contributed by atoms with Crippen LogP contribution in [0, 0.1) is 16.7 Å². The highest BCUT2D eigenvalue weighted by Crippen LogP contribution is 2.54. The Kier molecular flexibility index (Phi) is 3.89. The maximum absolute atomic E-state index is 12.4. The number of fused-ring (bicyclic) bond motifs is 1. The quantitative estimate of drug-likeness (QED) is 0.891. The maximum atomic E-state index is 12.4. The molecule has 6 nitrogen and oxygen atoms in total. The fourth-order valence-electron chi connectivity index (χ4n) is 3.82. The third-order valence-corrected chi connectivity index (χ3v) is 5.53. The zero-order valence-electron chi connectivity index (χ0n) is 14.0. The van der Waals surface area contributed by atoms with Crippen LogP contribution in [-0.2, 0) is 0 Å². The predicted molar refractivity (Wildman–Crippen MR) is 95.0 cm³/mol. The van der Waals surface area contributed by atoms with Gasteiger partial charge in [-0.3, -0.25) is 4.79 Å². The Morgan fingerprint density at radius 3 is 2.68 bits per heavy atom. The number of aromatic nitrogens is 1. The molecule has 6 heteroatoms. The fourth-order valence-corrected chi connectivity index (χ4v) is 3.82. The number of nitrogens with one attached hydrogen (secondary N) is 1. The minimum atomic E-state index is -0.347. The second kappa shape index (κ2) is 6.08. The molecular formula is C19H21N3O3. The monoisotopic (exact) mass is 339 g/mol. The summed E-state index contributed by atoms with van der Waals surface area (Å²) in [5, 5.41) is 19.3. The van der Waals surface area contributed by atoms with E-state index >= 15 is 0 Å². The molecule has 1 aliphatic carbocycles. The standard InChI is InChI=1S/C19H21N3O3/c20-12-15-17(22-7-5-19(3-4-19)6-8-22)14-11-13(25-10-9-23)1-2-16(14)21-18(15)24/h1-2,11,23H,3-10H2,(H,21,24). The van der Waals surface area contributed by atoms with Gasteiger partial charge in [0.1, 0.15) is 24.0 Å². The number of anilines is 1. The third-order valence-electron chi connectivity index (χ3n) is 5.53. The fraction of sp³-hybridized carbons (Fsp3) is 0.474. The number of aromatic amines is 1. The first-order valence-corrected chi connectivity index (χ1v) is 8.75. The molecule has 0 atom stereocenters. The summed E-state index contributed by atoms with van der Waals surface area (Å²) in [6, 6.07) is 7.49. The maximum Gasteiger partial charge on any atom is 0.268 e. The lowest BCUT2D eigenvalue weighted by atomic mass is 9.92. The van der Waals surface area contributed by atoms with E-state index in [1.54, 1.807) is 12.1 Å². The lowest BCUT2D eigenvalue weighted by Crippen LogP contribution is -2.36. The van der Waals surface area contributed by atoms with Crippen molar-refractivity contribution in [2.24, 2.45) is 5.41 Å². The first-order valence-electron chi connectivity index (χ1n) is 8.75. The summed E-state index contributed by atoms with van der Waals surface area (Å²) in [7, 11) is 0. The van der Waals surface area contributed by atoms with Gasteiger partial charge in [0.25, 0.3) is 5.56 Å². The summed E-state index contributed by atoms with van der Waals surface area (Å²) in [4.78, 5) is 17.3. The highest BCUT2D eigenvalue weighted by Gasteiger charge is 2.44. The number of benzene rings is 1. The lowest BCUT2D eigenvalue weighted by molar-refractivity contribution is 0.201. The van der Waals surface area contributed by atoms with E-state index in [-0.39, 0.29) is 24.3 Å². The molecule has 1 aromatic carbocycles. The Morgan fingerprint density at radius 1 is 1.28 bits per heavy atom. The van der Waals surface area contributed by atoms with E-state index in [4.69, 9.17) is 9.84 Å². The van der Waals surface area contributed by atoms with Crippen LogP contribution in [0.3, 0.4) is 0 Å². The molecule has 1 aliphatic heterocycles. The Morgan fingerprint density at radius 2 is 2.04 bits per heavy atom. The molecule has 2 fully saturated rings. The number of rotatable bonds is 4. The molecule has 0 radical (unpaired) electrons. The van der Waals surface area contributed by atoms with Gasteiger partial charge in [0.2, 0.25) is 0 Å². The third kappa shape index (κ3) is 2.85. The predicted octanol–water partition coefficient (Wildman–Crippen LogP) is 2.15. The van der Waals surface area contributed by atoms with Crippen molar-refractivity contribution in [3.63, 3.8) is 0 Å². The number of nitrogens with zero attached hydrogens (tertiary/aromatic N) is 2. The average Bonchev–Trinajstić information content (AvgIpc) is 3.39. The molecule has 0 amide bonds. The Bertz CT molecular complexity index is 898. The molecular weight excluding hydrogens is 318 g/mol. The SMILES string of the molecule is N#Cc1c(N2CCC3(CC2)CC3)c2cc(OCCO)ccc2[nH]c1=O. The topological polar surface area (TPSA) is 89.3 Å². The second-order valence-electron chi connectivity index (χ2n) is 7.06. The van der Waals surface area contributed by atoms with Crippen LogP contribution in [0.4, 0.5) is 5.69 Å². The van der Waals surface area contributed by atoms with Crippen LogP contribution >= 0.6 is 0 Å². The minimum absolute atomic E-state index is 0.0613.